The highest BCUT2D eigenvalue weighted by Crippen LogP contribution is 2.27. The van der Waals surface area contributed by atoms with Crippen molar-refractivity contribution in [2.24, 2.45) is 0 Å². The van der Waals surface area contributed by atoms with Crippen LogP contribution in [-0.2, 0) is 9.59 Å². The van der Waals surface area contributed by atoms with Gasteiger partial charge in [0.25, 0.3) is 0 Å². The fourth-order valence-corrected chi connectivity index (χ4v) is 4.31. The van der Waals surface area contributed by atoms with Gasteiger partial charge < -0.3 is 10.2 Å². The molecule has 8 heteroatoms. The number of nitrogens with zero attached hydrogens (tertiary/aromatic N) is 4. The van der Waals surface area contributed by atoms with Crippen LogP contribution in [0.1, 0.15) is 36.7 Å². The molecule has 0 saturated carbocycles. The predicted octanol–water partition coefficient (Wildman–Crippen LogP) is 1.92. The molecule has 3 heterocycles. The van der Waals surface area contributed by atoms with Crippen molar-refractivity contribution >= 4 is 23.2 Å². The molecule has 1 aliphatic rings. The molecule has 7 nitrogen and oxygen atoms in total. The number of hydrogen-bond acceptors (Lipinski definition) is 5. The Morgan fingerprint density at radius 3 is 2.74 bits per heavy atom. The van der Waals surface area contributed by atoms with Crippen molar-refractivity contribution in [2.45, 2.75) is 31.8 Å². The molecule has 2 unspecified atom stereocenters. The van der Waals surface area contributed by atoms with E-state index in [2.05, 4.69) is 26.8 Å². The third kappa shape index (κ3) is 4.95. The third-order valence-electron chi connectivity index (χ3n) is 4.98. The van der Waals surface area contributed by atoms with E-state index in [1.807, 2.05) is 6.07 Å². The Morgan fingerprint density at radius 1 is 1.33 bits per heavy atom. The first-order valence-electron chi connectivity index (χ1n) is 9.34. The number of likely N-dealkylation sites (tertiary alicyclic amines) is 1. The van der Waals surface area contributed by atoms with Crippen molar-refractivity contribution in [1.29, 1.82) is 0 Å². The van der Waals surface area contributed by atoms with Crippen LogP contribution in [0.2, 0.25) is 0 Å². The lowest BCUT2D eigenvalue weighted by molar-refractivity contribution is -0.137. The molecule has 1 fully saturated rings. The molecule has 1 aliphatic heterocycles. The van der Waals surface area contributed by atoms with Crippen LogP contribution in [0.5, 0.6) is 0 Å². The van der Waals surface area contributed by atoms with Crippen molar-refractivity contribution in [3.8, 4) is 0 Å². The third-order valence-corrected chi connectivity index (χ3v) is 5.96. The average Bonchev–Trinajstić information content (AvgIpc) is 3.43. The average molecular weight is 390 g/mol. The number of likely N-dealkylation sites (N-methyl/N-ethyl adjacent to an activating group) is 1. The van der Waals surface area contributed by atoms with Crippen molar-refractivity contribution < 1.29 is 9.59 Å². The van der Waals surface area contributed by atoms with E-state index in [1.54, 1.807) is 48.5 Å². The normalized spacial score (nSPS) is 16.8. The molecule has 0 aromatic carbocycles. The van der Waals surface area contributed by atoms with Gasteiger partial charge in [0.05, 0.1) is 12.6 Å². The van der Waals surface area contributed by atoms with Gasteiger partial charge in [-0.05, 0) is 50.4 Å². The maximum absolute atomic E-state index is 12.5. The highest BCUT2D eigenvalue weighted by molar-refractivity contribution is 7.10. The van der Waals surface area contributed by atoms with E-state index >= 15 is 0 Å². The summed E-state index contributed by atoms with van der Waals surface area (Å²) in [5, 5.41) is 9.19. The van der Waals surface area contributed by atoms with E-state index < -0.39 is 6.04 Å². The second kappa shape index (κ2) is 9.14. The molecule has 0 bridgehead atoms. The minimum absolute atomic E-state index is 0.0433. The molecule has 1 saturated heterocycles. The zero-order valence-corrected chi connectivity index (χ0v) is 16.7. The summed E-state index contributed by atoms with van der Waals surface area (Å²) >= 11 is 1.72. The zero-order chi connectivity index (χ0) is 19.2. The molecule has 0 radical (unpaired) electrons. The van der Waals surface area contributed by atoms with Gasteiger partial charge in [-0.15, -0.1) is 11.3 Å². The van der Waals surface area contributed by atoms with Crippen LogP contribution in [0, 0.1) is 0 Å². The minimum atomic E-state index is -0.429. The second-order valence-electron chi connectivity index (χ2n) is 6.93. The van der Waals surface area contributed by atoms with Crippen molar-refractivity contribution in [3.05, 3.63) is 40.8 Å². The fourth-order valence-electron chi connectivity index (χ4n) is 3.45. The van der Waals surface area contributed by atoms with E-state index in [1.165, 1.54) is 22.6 Å². The Balaban J connectivity index is 1.52. The number of thiophene rings is 1. The van der Waals surface area contributed by atoms with Crippen LogP contribution < -0.4 is 5.32 Å². The summed E-state index contributed by atoms with van der Waals surface area (Å²) in [6.07, 6.45) is 5.80. The number of carbonyl (C=O) groups excluding carboxylic acids is 2. The molecule has 2 amide bonds. The standard InChI is InChI=1S/C19H27N5O2S/c1-15(24-11-6-8-21-24)19(26)22(2)14-18(25)20-13-16(17-7-5-12-27-17)23-9-3-4-10-23/h5-8,11-12,15-16H,3-4,9-10,13-14H2,1-2H3,(H,20,25). The maximum atomic E-state index is 12.5. The summed E-state index contributed by atoms with van der Waals surface area (Å²) < 4.78 is 1.59. The van der Waals surface area contributed by atoms with Gasteiger partial charge in [0.15, 0.2) is 0 Å². The van der Waals surface area contributed by atoms with Gasteiger partial charge in [-0.1, -0.05) is 6.07 Å². The van der Waals surface area contributed by atoms with Gasteiger partial charge in [0.1, 0.15) is 6.04 Å². The molecule has 2 atom stereocenters. The summed E-state index contributed by atoms with van der Waals surface area (Å²) in [7, 11) is 1.65. The van der Waals surface area contributed by atoms with Gasteiger partial charge in [-0.25, -0.2) is 0 Å². The Bertz CT molecular complexity index is 725. The molecule has 3 rings (SSSR count). The van der Waals surface area contributed by atoms with Gasteiger partial charge in [0, 0.05) is 30.9 Å². The number of rotatable bonds is 8. The summed E-state index contributed by atoms with van der Waals surface area (Å²) in [4.78, 5) is 30.1. The number of nitrogens with one attached hydrogen (secondary N) is 1. The Hall–Kier alpha value is -2.19. The molecule has 2 aromatic heterocycles. The van der Waals surface area contributed by atoms with Gasteiger partial charge in [0.2, 0.25) is 11.8 Å². The van der Waals surface area contributed by atoms with E-state index in [0.717, 1.165) is 13.1 Å². The molecule has 27 heavy (non-hydrogen) atoms. The van der Waals surface area contributed by atoms with Crippen molar-refractivity contribution in [2.75, 3.05) is 33.2 Å². The van der Waals surface area contributed by atoms with Gasteiger partial charge in [-0.3, -0.25) is 19.2 Å². The number of aromatic nitrogens is 2. The predicted molar refractivity (Wildman–Crippen MR) is 105 cm³/mol. The summed E-state index contributed by atoms with van der Waals surface area (Å²) in [6.45, 7) is 4.53. The molecular formula is C19H27N5O2S. The lowest BCUT2D eigenvalue weighted by Crippen LogP contribution is -2.43. The molecule has 2 aromatic rings. The van der Waals surface area contributed by atoms with Crippen molar-refractivity contribution in [1.82, 2.24) is 24.9 Å². The molecule has 1 N–H and O–H groups in total. The van der Waals surface area contributed by atoms with Gasteiger partial charge in [-0.2, -0.15) is 5.10 Å². The molecule has 146 valence electrons. The van der Waals surface area contributed by atoms with Crippen LogP contribution in [-0.4, -0.2) is 64.6 Å². The minimum Gasteiger partial charge on any atom is -0.353 e. The highest BCUT2D eigenvalue weighted by atomic mass is 32.1. The van der Waals surface area contributed by atoms with Crippen LogP contribution in [0.3, 0.4) is 0 Å². The quantitative estimate of drug-likeness (QED) is 0.749. The van der Waals surface area contributed by atoms with E-state index in [4.69, 9.17) is 0 Å². The second-order valence-corrected chi connectivity index (χ2v) is 7.91. The van der Waals surface area contributed by atoms with Crippen LogP contribution in [0.4, 0.5) is 0 Å². The fraction of sp³-hybridized carbons (Fsp3) is 0.526. The zero-order valence-electron chi connectivity index (χ0n) is 15.9. The smallest absolute Gasteiger partial charge is 0.247 e. The van der Waals surface area contributed by atoms with Crippen LogP contribution >= 0.6 is 11.3 Å². The Labute approximate surface area is 164 Å². The first kappa shape index (κ1) is 19.6. The van der Waals surface area contributed by atoms with E-state index in [0.29, 0.717) is 6.54 Å². The van der Waals surface area contributed by atoms with Crippen LogP contribution in [0.15, 0.2) is 36.0 Å². The summed E-state index contributed by atoms with van der Waals surface area (Å²) in [5.74, 6) is -0.275. The van der Waals surface area contributed by atoms with Crippen molar-refractivity contribution in [3.63, 3.8) is 0 Å². The maximum Gasteiger partial charge on any atom is 0.247 e. The largest absolute Gasteiger partial charge is 0.353 e. The molecule has 0 aliphatic carbocycles. The molecule has 0 spiro atoms. The lowest BCUT2D eigenvalue weighted by atomic mass is 10.2. The van der Waals surface area contributed by atoms with Crippen LogP contribution in [0.25, 0.3) is 0 Å². The first-order chi connectivity index (χ1) is 13.1. The number of carbonyl (C=O) groups is 2. The van der Waals surface area contributed by atoms with Gasteiger partial charge >= 0.3 is 0 Å². The highest BCUT2D eigenvalue weighted by Gasteiger charge is 2.25. The van der Waals surface area contributed by atoms with E-state index in [9.17, 15) is 9.59 Å². The number of hydrogen-bond donors (Lipinski definition) is 1. The monoisotopic (exact) mass is 389 g/mol. The Kier molecular flexibility index (Phi) is 6.63. The summed E-state index contributed by atoms with van der Waals surface area (Å²) in [6, 6.07) is 5.73. The SMILES string of the molecule is CC(C(=O)N(C)CC(=O)NCC(c1cccs1)N1CCCC1)n1cccn1. The number of amides is 2. The van der Waals surface area contributed by atoms with E-state index in [-0.39, 0.29) is 24.4 Å². The molecular weight excluding hydrogens is 362 g/mol. The Morgan fingerprint density at radius 2 is 2.11 bits per heavy atom. The summed E-state index contributed by atoms with van der Waals surface area (Å²) in [5.41, 5.74) is 0. The first-order valence-corrected chi connectivity index (χ1v) is 10.2. The topological polar surface area (TPSA) is 70.5 Å². The lowest BCUT2D eigenvalue weighted by Gasteiger charge is -2.27.